The number of nitrogens with zero attached hydrogens (tertiary/aromatic N) is 3. The summed E-state index contributed by atoms with van der Waals surface area (Å²) in [6.07, 6.45) is 0.234. The van der Waals surface area contributed by atoms with Crippen LogP contribution in [0.3, 0.4) is 0 Å². The van der Waals surface area contributed by atoms with Crippen molar-refractivity contribution in [3.63, 3.8) is 0 Å². The van der Waals surface area contributed by atoms with E-state index in [2.05, 4.69) is 10.1 Å². The molecule has 6 nitrogen and oxygen atoms in total. The molecule has 1 aliphatic rings. The maximum Gasteiger partial charge on any atom is 0.250 e. The lowest BCUT2D eigenvalue weighted by Gasteiger charge is -2.20. The number of hydrogen-bond donors (Lipinski definition) is 0. The van der Waals surface area contributed by atoms with Crippen LogP contribution in [0.4, 0.5) is 4.39 Å². The summed E-state index contributed by atoms with van der Waals surface area (Å²) in [6, 6.07) is 11.8. The maximum atomic E-state index is 13.6. The zero-order valence-electron chi connectivity index (χ0n) is 16.1. The Labute approximate surface area is 172 Å². The van der Waals surface area contributed by atoms with E-state index in [-0.39, 0.29) is 23.4 Å². The summed E-state index contributed by atoms with van der Waals surface area (Å²) < 4.78 is 26.2. The van der Waals surface area contributed by atoms with Gasteiger partial charge in [0, 0.05) is 17.2 Å². The van der Waals surface area contributed by atoms with Gasteiger partial charge in [-0.3, -0.25) is 4.79 Å². The SMILES string of the molecule is CCOc1ccc(-c2nc3n(n2)C(=O)C[C@H](c2cccc(F)c2)S3)cc1OCC. The van der Waals surface area contributed by atoms with Crippen LogP contribution in [0.5, 0.6) is 11.5 Å². The molecule has 29 heavy (non-hydrogen) atoms. The quantitative estimate of drug-likeness (QED) is 0.581. The van der Waals surface area contributed by atoms with Crippen LogP contribution in [-0.4, -0.2) is 33.9 Å². The molecular formula is C21H20FN3O3S. The standard InChI is InChI=1S/C21H20FN3O3S/c1-3-27-16-9-8-14(11-17(16)28-4-2)20-23-21-25(24-20)19(26)12-18(29-21)13-6-5-7-15(22)10-13/h5-11,18H,3-4,12H2,1-2H3/t18-/m1/s1. The van der Waals surface area contributed by atoms with Crippen LogP contribution in [-0.2, 0) is 0 Å². The number of carbonyl (C=O) groups excluding carboxylic acids is 1. The summed E-state index contributed by atoms with van der Waals surface area (Å²) in [5.74, 6) is 1.21. The van der Waals surface area contributed by atoms with Gasteiger partial charge < -0.3 is 9.47 Å². The Morgan fingerprint density at radius 3 is 2.69 bits per heavy atom. The molecular weight excluding hydrogens is 393 g/mol. The Bertz CT molecular complexity index is 1050. The lowest BCUT2D eigenvalue weighted by Crippen LogP contribution is -2.21. The molecule has 0 aliphatic carbocycles. The first-order chi connectivity index (χ1) is 14.1. The highest BCUT2D eigenvalue weighted by Crippen LogP contribution is 2.42. The molecule has 1 aromatic heterocycles. The van der Waals surface area contributed by atoms with Crippen molar-refractivity contribution in [1.29, 1.82) is 0 Å². The number of aromatic nitrogens is 3. The third kappa shape index (κ3) is 3.98. The summed E-state index contributed by atoms with van der Waals surface area (Å²) in [7, 11) is 0. The highest BCUT2D eigenvalue weighted by Gasteiger charge is 2.30. The molecule has 1 atom stereocenters. The zero-order chi connectivity index (χ0) is 20.4. The Morgan fingerprint density at radius 2 is 1.93 bits per heavy atom. The average molecular weight is 413 g/mol. The number of carbonyl (C=O) groups is 1. The molecule has 0 amide bonds. The molecule has 0 N–H and O–H groups in total. The summed E-state index contributed by atoms with van der Waals surface area (Å²) in [4.78, 5) is 17.2. The fourth-order valence-corrected chi connectivity index (χ4v) is 4.30. The third-order valence-electron chi connectivity index (χ3n) is 4.44. The molecule has 0 unspecified atom stereocenters. The van der Waals surface area contributed by atoms with E-state index in [1.807, 2.05) is 38.1 Å². The maximum absolute atomic E-state index is 13.6. The second kappa shape index (κ2) is 8.24. The minimum Gasteiger partial charge on any atom is -0.490 e. The molecule has 0 fully saturated rings. The smallest absolute Gasteiger partial charge is 0.250 e. The molecule has 2 aromatic carbocycles. The number of hydrogen-bond acceptors (Lipinski definition) is 6. The van der Waals surface area contributed by atoms with E-state index in [1.54, 1.807) is 6.07 Å². The summed E-state index contributed by atoms with van der Waals surface area (Å²) >= 11 is 1.41. The number of benzene rings is 2. The lowest BCUT2D eigenvalue weighted by molar-refractivity contribution is 0.0868. The largest absolute Gasteiger partial charge is 0.490 e. The van der Waals surface area contributed by atoms with Crippen LogP contribution >= 0.6 is 11.8 Å². The second-order valence-electron chi connectivity index (χ2n) is 6.42. The molecule has 4 rings (SSSR count). The minimum atomic E-state index is -0.318. The predicted octanol–water partition coefficient (Wildman–Crippen LogP) is 4.76. The van der Waals surface area contributed by atoms with Crippen LogP contribution in [0.2, 0.25) is 0 Å². The van der Waals surface area contributed by atoms with Crippen molar-refractivity contribution in [2.75, 3.05) is 13.2 Å². The van der Waals surface area contributed by atoms with Gasteiger partial charge in [-0.25, -0.2) is 9.37 Å². The van der Waals surface area contributed by atoms with Gasteiger partial charge in [-0.2, -0.15) is 4.68 Å². The Kier molecular flexibility index (Phi) is 5.53. The molecule has 1 aliphatic heterocycles. The van der Waals surface area contributed by atoms with Gasteiger partial charge in [0.05, 0.1) is 13.2 Å². The van der Waals surface area contributed by atoms with Crippen LogP contribution in [0.25, 0.3) is 11.4 Å². The Balaban J connectivity index is 1.65. The number of thioether (sulfide) groups is 1. The van der Waals surface area contributed by atoms with Gasteiger partial charge in [-0.1, -0.05) is 23.9 Å². The topological polar surface area (TPSA) is 66.2 Å². The third-order valence-corrected chi connectivity index (χ3v) is 5.64. The molecule has 0 saturated carbocycles. The van der Waals surface area contributed by atoms with Crippen LogP contribution in [0.1, 0.15) is 35.9 Å². The Hall–Kier alpha value is -2.87. The summed E-state index contributed by atoms with van der Waals surface area (Å²) in [5.41, 5.74) is 1.49. The van der Waals surface area contributed by atoms with Crippen molar-refractivity contribution >= 4 is 17.7 Å². The fraction of sp³-hybridized carbons (Fsp3) is 0.286. The van der Waals surface area contributed by atoms with Gasteiger partial charge in [-0.05, 0) is 49.7 Å². The molecule has 0 spiro atoms. The van der Waals surface area contributed by atoms with Crippen LogP contribution in [0.15, 0.2) is 47.6 Å². The molecule has 0 radical (unpaired) electrons. The van der Waals surface area contributed by atoms with Crippen molar-refractivity contribution in [2.45, 2.75) is 30.7 Å². The van der Waals surface area contributed by atoms with Gasteiger partial charge >= 0.3 is 0 Å². The van der Waals surface area contributed by atoms with E-state index in [0.717, 1.165) is 11.1 Å². The van der Waals surface area contributed by atoms with Crippen LogP contribution < -0.4 is 9.47 Å². The highest BCUT2D eigenvalue weighted by atomic mass is 32.2. The van der Waals surface area contributed by atoms with E-state index in [0.29, 0.717) is 35.7 Å². The van der Waals surface area contributed by atoms with E-state index in [4.69, 9.17) is 9.47 Å². The monoisotopic (exact) mass is 413 g/mol. The number of rotatable bonds is 6. The van der Waals surface area contributed by atoms with E-state index >= 15 is 0 Å². The average Bonchev–Trinajstić information content (AvgIpc) is 3.14. The highest BCUT2D eigenvalue weighted by molar-refractivity contribution is 7.99. The zero-order valence-corrected chi connectivity index (χ0v) is 16.9. The fourth-order valence-electron chi connectivity index (χ4n) is 3.16. The molecule has 0 bridgehead atoms. The van der Waals surface area contributed by atoms with Gasteiger partial charge in [0.2, 0.25) is 0 Å². The van der Waals surface area contributed by atoms with Gasteiger partial charge in [0.25, 0.3) is 5.91 Å². The molecule has 0 saturated heterocycles. The van der Waals surface area contributed by atoms with Gasteiger partial charge in [0.15, 0.2) is 22.5 Å². The van der Waals surface area contributed by atoms with Gasteiger partial charge in [-0.15, -0.1) is 5.10 Å². The molecule has 2 heterocycles. The first-order valence-corrected chi connectivity index (χ1v) is 10.3. The summed E-state index contributed by atoms with van der Waals surface area (Å²) in [5, 5.41) is 4.69. The van der Waals surface area contributed by atoms with Crippen molar-refractivity contribution in [1.82, 2.24) is 14.8 Å². The second-order valence-corrected chi connectivity index (χ2v) is 7.59. The first kappa shape index (κ1) is 19.4. The normalized spacial score (nSPS) is 15.8. The number of halogens is 1. The lowest BCUT2D eigenvalue weighted by atomic mass is 10.1. The van der Waals surface area contributed by atoms with E-state index in [1.165, 1.54) is 28.6 Å². The molecule has 150 valence electrons. The predicted molar refractivity (Wildman–Crippen MR) is 108 cm³/mol. The minimum absolute atomic E-state index is 0.164. The molecule has 3 aromatic rings. The Morgan fingerprint density at radius 1 is 1.14 bits per heavy atom. The van der Waals surface area contributed by atoms with Crippen molar-refractivity contribution in [2.24, 2.45) is 0 Å². The van der Waals surface area contributed by atoms with Crippen molar-refractivity contribution < 1.29 is 18.7 Å². The van der Waals surface area contributed by atoms with E-state index < -0.39 is 0 Å². The number of ether oxygens (including phenoxy) is 2. The summed E-state index contributed by atoms with van der Waals surface area (Å²) in [6.45, 7) is 4.84. The van der Waals surface area contributed by atoms with Gasteiger partial charge in [0.1, 0.15) is 5.82 Å². The van der Waals surface area contributed by atoms with Crippen LogP contribution in [0, 0.1) is 5.82 Å². The van der Waals surface area contributed by atoms with E-state index in [9.17, 15) is 9.18 Å². The number of fused-ring (bicyclic) bond motifs is 1. The van der Waals surface area contributed by atoms with Crippen molar-refractivity contribution in [3.8, 4) is 22.9 Å². The molecule has 8 heteroatoms. The van der Waals surface area contributed by atoms with Crippen molar-refractivity contribution in [3.05, 3.63) is 53.8 Å². The first-order valence-electron chi connectivity index (χ1n) is 9.41.